The van der Waals surface area contributed by atoms with Crippen molar-refractivity contribution in [1.82, 2.24) is 4.98 Å². The Morgan fingerprint density at radius 3 is 2.70 bits per heavy atom. The zero-order valence-corrected chi connectivity index (χ0v) is 11.6. The number of halogens is 1. The van der Waals surface area contributed by atoms with E-state index in [0.29, 0.717) is 17.9 Å². The topological polar surface area (TPSA) is 51.4 Å². The molecule has 5 heteroatoms. The number of methoxy groups -OCH3 is 1. The van der Waals surface area contributed by atoms with Gasteiger partial charge < -0.3 is 15.4 Å². The molecular weight excluding hydrogens is 257 g/mol. The Labute approximate surface area is 118 Å². The van der Waals surface area contributed by atoms with Crippen LogP contribution in [-0.2, 0) is 13.1 Å². The number of pyridine rings is 1. The van der Waals surface area contributed by atoms with Gasteiger partial charge in [0, 0.05) is 37.5 Å². The maximum atomic E-state index is 14.2. The first-order valence-electron chi connectivity index (χ1n) is 6.33. The average molecular weight is 275 g/mol. The van der Waals surface area contributed by atoms with Gasteiger partial charge in [0.05, 0.1) is 7.11 Å². The number of rotatable bonds is 5. The molecule has 0 aliphatic heterocycles. The highest BCUT2D eigenvalue weighted by Gasteiger charge is 2.14. The molecule has 1 aromatic heterocycles. The third-order valence-corrected chi connectivity index (χ3v) is 3.13. The first-order chi connectivity index (χ1) is 9.67. The SMILES string of the molecule is COc1ccccc1CN(C)c1nccc(CN)c1F. The van der Waals surface area contributed by atoms with Gasteiger partial charge >= 0.3 is 0 Å². The fourth-order valence-corrected chi connectivity index (χ4v) is 2.06. The second-order valence-electron chi connectivity index (χ2n) is 4.48. The van der Waals surface area contributed by atoms with E-state index in [1.165, 1.54) is 0 Å². The van der Waals surface area contributed by atoms with Crippen LogP contribution < -0.4 is 15.4 Å². The largest absolute Gasteiger partial charge is 0.496 e. The molecule has 106 valence electrons. The molecule has 0 saturated heterocycles. The number of nitrogens with two attached hydrogens (primary N) is 1. The summed E-state index contributed by atoms with van der Waals surface area (Å²) in [7, 11) is 3.41. The summed E-state index contributed by atoms with van der Waals surface area (Å²) in [6, 6.07) is 9.24. The molecular formula is C15H18FN3O. The van der Waals surface area contributed by atoms with Crippen molar-refractivity contribution in [1.29, 1.82) is 0 Å². The van der Waals surface area contributed by atoms with Gasteiger partial charge in [-0.05, 0) is 12.1 Å². The number of ether oxygens (including phenoxy) is 1. The van der Waals surface area contributed by atoms with Gasteiger partial charge in [-0.2, -0.15) is 0 Å². The van der Waals surface area contributed by atoms with Gasteiger partial charge in [-0.3, -0.25) is 0 Å². The second kappa shape index (κ2) is 6.34. The number of aromatic nitrogens is 1. The third kappa shape index (κ3) is 2.88. The molecule has 1 heterocycles. The van der Waals surface area contributed by atoms with Crippen molar-refractivity contribution in [2.75, 3.05) is 19.1 Å². The Bertz CT molecular complexity index is 589. The molecule has 2 rings (SSSR count). The van der Waals surface area contributed by atoms with Crippen LogP contribution in [0.4, 0.5) is 10.2 Å². The molecule has 1 aromatic carbocycles. The Balaban J connectivity index is 2.26. The molecule has 0 unspecified atom stereocenters. The van der Waals surface area contributed by atoms with Crippen molar-refractivity contribution in [3.8, 4) is 5.75 Å². The van der Waals surface area contributed by atoms with E-state index in [4.69, 9.17) is 10.5 Å². The molecule has 2 aromatic rings. The summed E-state index contributed by atoms with van der Waals surface area (Å²) < 4.78 is 19.5. The summed E-state index contributed by atoms with van der Waals surface area (Å²) in [5.41, 5.74) is 6.94. The Morgan fingerprint density at radius 1 is 1.25 bits per heavy atom. The van der Waals surface area contributed by atoms with Crippen molar-refractivity contribution in [3.63, 3.8) is 0 Å². The van der Waals surface area contributed by atoms with E-state index in [-0.39, 0.29) is 12.4 Å². The van der Waals surface area contributed by atoms with Crippen molar-refractivity contribution in [3.05, 3.63) is 53.5 Å². The lowest BCUT2D eigenvalue weighted by Crippen LogP contribution is -2.20. The third-order valence-electron chi connectivity index (χ3n) is 3.13. The first-order valence-corrected chi connectivity index (χ1v) is 6.33. The normalized spacial score (nSPS) is 10.4. The van der Waals surface area contributed by atoms with Crippen LogP contribution in [0.5, 0.6) is 5.75 Å². The Kier molecular flexibility index (Phi) is 4.53. The van der Waals surface area contributed by atoms with Gasteiger partial charge in [0.2, 0.25) is 0 Å². The Hall–Kier alpha value is -2.14. The minimum absolute atomic E-state index is 0.157. The lowest BCUT2D eigenvalue weighted by Gasteiger charge is -2.20. The van der Waals surface area contributed by atoms with Crippen LogP contribution in [0, 0.1) is 5.82 Å². The van der Waals surface area contributed by atoms with Gasteiger partial charge in [-0.1, -0.05) is 18.2 Å². The number of benzene rings is 1. The minimum Gasteiger partial charge on any atom is -0.496 e. The Morgan fingerprint density at radius 2 is 2.00 bits per heavy atom. The summed E-state index contributed by atoms with van der Waals surface area (Å²) in [6.07, 6.45) is 1.57. The van der Waals surface area contributed by atoms with Gasteiger partial charge in [-0.25, -0.2) is 9.37 Å². The molecule has 0 radical (unpaired) electrons. The summed E-state index contributed by atoms with van der Waals surface area (Å²) in [6.45, 7) is 0.659. The fraction of sp³-hybridized carbons (Fsp3) is 0.267. The predicted molar refractivity (Wildman–Crippen MR) is 77.2 cm³/mol. The fourth-order valence-electron chi connectivity index (χ4n) is 2.06. The van der Waals surface area contributed by atoms with Crippen LogP contribution >= 0.6 is 0 Å². The number of anilines is 1. The van der Waals surface area contributed by atoms with E-state index in [0.717, 1.165) is 11.3 Å². The van der Waals surface area contributed by atoms with E-state index in [9.17, 15) is 4.39 Å². The van der Waals surface area contributed by atoms with Crippen molar-refractivity contribution >= 4 is 5.82 Å². The molecule has 0 fully saturated rings. The maximum absolute atomic E-state index is 14.2. The zero-order valence-electron chi connectivity index (χ0n) is 11.6. The number of hydrogen-bond acceptors (Lipinski definition) is 4. The van der Waals surface area contributed by atoms with Crippen LogP contribution in [-0.4, -0.2) is 19.1 Å². The summed E-state index contributed by atoms with van der Waals surface area (Å²) in [4.78, 5) is 5.84. The molecule has 0 atom stereocenters. The zero-order chi connectivity index (χ0) is 14.5. The van der Waals surface area contributed by atoms with Gasteiger partial charge in [0.15, 0.2) is 11.6 Å². The predicted octanol–water partition coefficient (Wildman–Crippen LogP) is 2.32. The van der Waals surface area contributed by atoms with Crippen LogP contribution in [0.3, 0.4) is 0 Å². The standard InChI is InChI=1S/C15H18FN3O/c1-19(10-12-5-3-4-6-13(12)20-2)15-14(16)11(9-17)7-8-18-15/h3-8H,9-10,17H2,1-2H3. The van der Waals surface area contributed by atoms with Crippen molar-refractivity contribution < 1.29 is 9.13 Å². The van der Waals surface area contributed by atoms with Gasteiger partial charge in [0.25, 0.3) is 0 Å². The molecule has 0 aliphatic carbocycles. The van der Waals surface area contributed by atoms with E-state index in [1.807, 2.05) is 24.3 Å². The first kappa shape index (κ1) is 14.3. The molecule has 20 heavy (non-hydrogen) atoms. The minimum atomic E-state index is -0.368. The average Bonchev–Trinajstić information content (AvgIpc) is 2.48. The summed E-state index contributed by atoms with van der Waals surface area (Å²) >= 11 is 0. The van der Waals surface area contributed by atoms with Crippen LogP contribution in [0.15, 0.2) is 36.5 Å². The van der Waals surface area contributed by atoms with Crippen LogP contribution in [0.25, 0.3) is 0 Å². The number of hydrogen-bond donors (Lipinski definition) is 1. The molecule has 0 aliphatic rings. The van der Waals surface area contributed by atoms with E-state index < -0.39 is 0 Å². The lowest BCUT2D eigenvalue weighted by molar-refractivity contribution is 0.409. The quantitative estimate of drug-likeness (QED) is 0.910. The lowest BCUT2D eigenvalue weighted by atomic mass is 10.2. The number of para-hydroxylation sites is 1. The highest BCUT2D eigenvalue weighted by Crippen LogP contribution is 2.23. The summed E-state index contributed by atoms with van der Waals surface area (Å²) in [5.74, 6) is 0.695. The molecule has 0 bridgehead atoms. The van der Waals surface area contributed by atoms with Crippen LogP contribution in [0.1, 0.15) is 11.1 Å². The van der Waals surface area contributed by atoms with Crippen LogP contribution in [0.2, 0.25) is 0 Å². The smallest absolute Gasteiger partial charge is 0.170 e. The maximum Gasteiger partial charge on any atom is 0.170 e. The van der Waals surface area contributed by atoms with E-state index in [1.54, 1.807) is 31.3 Å². The van der Waals surface area contributed by atoms with Gasteiger partial charge in [-0.15, -0.1) is 0 Å². The van der Waals surface area contributed by atoms with Crippen molar-refractivity contribution in [2.24, 2.45) is 5.73 Å². The molecule has 0 spiro atoms. The monoisotopic (exact) mass is 275 g/mol. The molecule has 0 saturated carbocycles. The van der Waals surface area contributed by atoms with Crippen molar-refractivity contribution in [2.45, 2.75) is 13.1 Å². The molecule has 0 amide bonds. The molecule has 4 nitrogen and oxygen atoms in total. The van der Waals surface area contributed by atoms with Gasteiger partial charge in [0.1, 0.15) is 5.75 Å². The van der Waals surface area contributed by atoms with E-state index >= 15 is 0 Å². The highest BCUT2D eigenvalue weighted by molar-refractivity contribution is 5.45. The van der Waals surface area contributed by atoms with E-state index in [2.05, 4.69) is 4.98 Å². The highest BCUT2D eigenvalue weighted by atomic mass is 19.1. The number of nitrogens with zero attached hydrogens (tertiary/aromatic N) is 2. The second-order valence-corrected chi connectivity index (χ2v) is 4.48. The molecule has 2 N–H and O–H groups in total. The summed E-state index contributed by atoms with van der Waals surface area (Å²) in [5, 5.41) is 0.